The first-order valence-electron chi connectivity index (χ1n) is 7.22. The normalized spacial score (nSPS) is 23.7. The van der Waals surface area contributed by atoms with Gasteiger partial charge in [0.2, 0.25) is 0 Å². The van der Waals surface area contributed by atoms with Crippen LogP contribution in [0.4, 0.5) is 5.69 Å². The molecule has 3 nitrogen and oxygen atoms in total. The van der Waals surface area contributed by atoms with Gasteiger partial charge in [0, 0.05) is 29.3 Å². The summed E-state index contributed by atoms with van der Waals surface area (Å²) in [7, 11) is 1.98. The first kappa shape index (κ1) is 15.8. The maximum absolute atomic E-state index is 5.97. The molecule has 1 aromatic rings. The number of halogens is 1. The Hall–Kier alpha value is -0.580. The van der Waals surface area contributed by atoms with Gasteiger partial charge in [0.15, 0.2) is 0 Å². The number of hydrogen-bond acceptors (Lipinski definition) is 3. The zero-order chi connectivity index (χ0) is 14.9. The second kappa shape index (κ2) is 6.04. The van der Waals surface area contributed by atoms with Gasteiger partial charge in [-0.2, -0.15) is 0 Å². The quantitative estimate of drug-likeness (QED) is 0.907. The van der Waals surface area contributed by atoms with Crippen molar-refractivity contribution in [3.8, 4) is 0 Å². The molecule has 0 radical (unpaired) electrons. The minimum absolute atomic E-state index is 0.0962. The van der Waals surface area contributed by atoms with Crippen molar-refractivity contribution in [1.29, 1.82) is 0 Å². The van der Waals surface area contributed by atoms with E-state index in [0.29, 0.717) is 6.04 Å². The standard InChI is InChI=1S/C16H25BrN2O/c1-11-9-19(10-16(3,4)20-11)13-6-7-14(12(2)18-5)15(17)8-13/h6-8,11-12,18H,9-10H2,1-5H3. The van der Waals surface area contributed by atoms with Crippen molar-refractivity contribution in [1.82, 2.24) is 5.32 Å². The van der Waals surface area contributed by atoms with Crippen molar-refractivity contribution < 1.29 is 4.74 Å². The van der Waals surface area contributed by atoms with Crippen LogP contribution in [0.5, 0.6) is 0 Å². The third-order valence-corrected chi connectivity index (χ3v) is 4.50. The maximum atomic E-state index is 5.97. The smallest absolute Gasteiger partial charge is 0.0805 e. The highest BCUT2D eigenvalue weighted by molar-refractivity contribution is 9.10. The fourth-order valence-corrected chi connectivity index (χ4v) is 3.58. The van der Waals surface area contributed by atoms with Crippen LogP contribution in [-0.4, -0.2) is 31.8 Å². The second-order valence-corrected chi connectivity index (χ2v) is 7.14. The van der Waals surface area contributed by atoms with E-state index in [1.165, 1.54) is 11.3 Å². The van der Waals surface area contributed by atoms with E-state index in [1.54, 1.807) is 0 Å². The number of anilines is 1. The molecule has 0 aromatic heterocycles. The summed E-state index contributed by atoms with van der Waals surface area (Å²) < 4.78 is 7.13. The summed E-state index contributed by atoms with van der Waals surface area (Å²) in [6.07, 6.45) is 0.258. The lowest BCUT2D eigenvalue weighted by Gasteiger charge is -2.43. The number of benzene rings is 1. The predicted octanol–water partition coefficient (Wildman–Crippen LogP) is 3.73. The van der Waals surface area contributed by atoms with Gasteiger partial charge >= 0.3 is 0 Å². The molecule has 1 aromatic carbocycles. The van der Waals surface area contributed by atoms with Crippen molar-refractivity contribution in [2.24, 2.45) is 0 Å². The number of nitrogens with zero attached hydrogens (tertiary/aromatic N) is 1. The molecule has 1 aliphatic heterocycles. The van der Waals surface area contributed by atoms with Gasteiger partial charge < -0.3 is 15.0 Å². The van der Waals surface area contributed by atoms with Gasteiger partial charge in [-0.05, 0) is 52.4 Å². The van der Waals surface area contributed by atoms with E-state index in [4.69, 9.17) is 4.74 Å². The Balaban J connectivity index is 2.23. The Morgan fingerprint density at radius 2 is 2.15 bits per heavy atom. The molecule has 0 spiro atoms. The van der Waals surface area contributed by atoms with Crippen LogP contribution >= 0.6 is 15.9 Å². The minimum atomic E-state index is -0.0962. The highest BCUT2D eigenvalue weighted by atomic mass is 79.9. The van der Waals surface area contributed by atoms with Crippen LogP contribution in [0.3, 0.4) is 0 Å². The van der Waals surface area contributed by atoms with Gasteiger partial charge in [0.1, 0.15) is 0 Å². The topological polar surface area (TPSA) is 24.5 Å². The molecule has 20 heavy (non-hydrogen) atoms. The molecule has 0 bridgehead atoms. The van der Waals surface area contributed by atoms with E-state index in [0.717, 1.165) is 17.6 Å². The summed E-state index contributed by atoms with van der Waals surface area (Å²) in [5.41, 5.74) is 2.45. The number of hydrogen-bond donors (Lipinski definition) is 1. The van der Waals surface area contributed by atoms with E-state index >= 15 is 0 Å². The van der Waals surface area contributed by atoms with Gasteiger partial charge in [-0.25, -0.2) is 0 Å². The van der Waals surface area contributed by atoms with Crippen LogP contribution in [0.1, 0.15) is 39.3 Å². The Kier molecular flexibility index (Phi) is 4.77. The van der Waals surface area contributed by atoms with Crippen LogP contribution in [0, 0.1) is 0 Å². The lowest BCUT2D eigenvalue weighted by atomic mass is 10.0. The van der Waals surface area contributed by atoms with Gasteiger partial charge in [-0.1, -0.05) is 22.0 Å². The second-order valence-electron chi connectivity index (χ2n) is 6.28. The molecule has 2 atom stereocenters. The molecular formula is C16H25BrN2O. The summed E-state index contributed by atoms with van der Waals surface area (Å²) in [6, 6.07) is 6.98. The van der Waals surface area contributed by atoms with Crippen molar-refractivity contribution in [3.05, 3.63) is 28.2 Å². The zero-order valence-electron chi connectivity index (χ0n) is 13.0. The van der Waals surface area contributed by atoms with Crippen LogP contribution in [0.25, 0.3) is 0 Å². The number of morpholine rings is 1. The number of ether oxygens (including phenoxy) is 1. The Morgan fingerprint density at radius 3 is 2.70 bits per heavy atom. The van der Waals surface area contributed by atoms with E-state index in [9.17, 15) is 0 Å². The largest absolute Gasteiger partial charge is 0.369 e. The molecule has 1 N–H and O–H groups in total. The summed E-state index contributed by atoms with van der Waals surface area (Å²) >= 11 is 3.70. The monoisotopic (exact) mass is 340 g/mol. The van der Waals surface area contributed by atoms with Crippen molar-refractivity contribution in [2.75, 3.05) is 25.0 Å². The fraction of sp³-hybridized carbons (Fsp3) is 0.625. The Labute approximate surface area is 130 Å². The summed E-state index contributed by atoms with van der Waals surface area (Å²) in [5.74, 6) is 0. The van der Waals surface area contributed by atoms with Crippen molar-refractivity contribution >= 4 is 21.6 Å². The molecule has 2 unspecified atom stereocenters. The molecule has 1 aliphatic rings. The molecule has 1 saturated heterocycles. The third-order valence-electron chi connectivity index (χ3n) is 3.82. The molecule has 2 rings (SSSR count). The van der Waals surface area contributed by atoms with Crippen molar-refractivity contribution in [3.63, 3.8) is 0 Å². The molecule has 112 valence electrons. The van der Waals surface area contributed by atoms with Gasteiger partial charge in [0.05, 0.1) is 11.7 Å². The maximum Gasteiger partial charge on any atom is 0.0805 e. The third kappa shape index (κ3) is 3.54. The Morgan fingerprint density at radius 1 is 1.45 bits per heavy atom. The molecule has 1 heterocycles. The average molecular weight is 341 g/mol. The van der Waals surface area contributed by atoms with E-state index in [1.807, 2.05) is 7.05 Å². The van der Waals surface area contributed by atoms with Gasteiger partial charge in [-0.15, -0.1) is 0 Å². The lowest BCUT2D eigenvalue weighted by Crippen LogP contribution is -2.52. The van der Waals surface area contributed by atoms with Gasteiger partial charge in [0.25, 0.3) is 0 Å². The van der Waals surface area contributed by atoms with Crippen LogP contribution in [-0.2, 0) is 4.74 Å². The fourth-order valence-electron chi connectivity index (χ4n) is 2.87. The molecule has 0 amide bonds. The van der Waals surface area contributed by atoms with E-state index in [2.05, 4.69) is 72.0 Å². The highest BCUT2D eigenvalue weighted by Gasteiger charge is 2.31. The van der Waals surface area contributed by atoms with Crippen LogP contribution in [0.15, 0.2) is 22.7 Å². The summed E-state index contributed by atoms with van der Waals surface area (Å²) in [6.45, 7) is 10.5. The first-order chi connectivity index (χ1) is 9.32. The minimum Gasteiger partial charge on any atom is -0.369 e. The molecular weight excluding hydrogens is 316 g/mol. The Bertz CT molecular complexity index is 476. The summed E-state index contributed by atoms with van der Waals surface area (Å²) in [4.78, 5) is 2.41. The molecule has 0 saturated carbocycles. The average Bonchev–Trinajstić information content (AvgIpc) is 2.35. The highest BCUT2D eigenvalue weighted by Crippen LogP contribution is 2.31. The van der Waals surface area contributed by atoms with E-state index < -0.39 is 0 Å². The summed E-state index contributed by atoms with van der Waals surface area (Å²) in [5, 5.41) is 3.28. The molecule has 0 aliphatic carbocycles. The predicted molar refractivity (Wildman–Crippen MR) is 88.5 cm³/mol. The number of rotatable bonds is 3. The first-order valence-corrected chi connectivity index (χ1v) is 8.01. The van der Waals surface area contributed by atoms with E-state index in [-0.39, 0.29) is 11.7 Å². The molecule has 1 fully saturated rings. The van der Waals surface area contributed by atoms with Crippen LogP contribution in [0.2, 0.25) is 0 Å². The SMILES string of the molecule is CNC(C)c1ccc(N2CC(C)OC(C)(C)C2)cc1Br. The molecule has 4 heteroatoms. The van der Waals surface area contributed by atoms with Crippen molar-refractivity contribution in [2.45, 2.75) is 45.4 Å². The lowest BCUT2D eigenvalue weighted by molar-refractivity contribution is -0.0749. The number of nitrogens with one attached hydrogen (secondary N) is 1. The zero-order valence-corrected chi connectivity index (χ0v) is 14.6. The van der Waals surface area contributed by atoms with Crippen LogP contribution < -0.4 is 10.2 Å². The van der Waals surface area contributed by atoms with Gasteiger partial charge in [-0.3, -0.25) is 0 Å².